The molecule has 0 N–H and O–H groups in total. The number of carbonyl (C=O) groups is 2. The summed E-state index contributed by atoms with van der Waals surface area (Å²) < 4.78 is 0.821. The number of hydrogen-bond acceptors (Lipinski definition) is 7. The third-order valence-electron chi connectivity index (χ3n) is 4.89. The van der Waals surface area contributed by atoms with Gasteiger partial charge in [-0.3, -0.25) is 9.59 Å². The van der Waals surface area contributed by atoms with Crippen LogP contribution < -0.4 is 4.90 Å². The molecule has 3 aromatic rings. The van der Waals surface area contributed by atoms with Crippen molar-refractivity contribution in [3.63, 3.8) is 0 Å². The normalized spacial score (nSPS) is 14.0. The van der Waals surface area contributed by atoms with Gasteiger partial charge in [0, 0.05) is 43.3 Å². The van der Waals surface area contributed by atoms with Crippen molar-refractivity contribution < 1.29 is 9.59 Å². The summed E-state index contributed by atoms with van der Waals surface area (Å²) in [6.07, 6.45) is 2.09. The molecule has 2 aromatic heterocycles. The van der Waals surface area contributed by atoms with Gasteiger partial charge in [-0.25, -0.2) is 9.97 Å². The van der Waals surface area contributed by atoms with Crippen LogP contribution >= 0.6 is 23.1 Å². The van der Waals surface area contributed by atoms with E-state index in [-0.39, 0.29) is 11.7 Å². The first-order chi connectivity index (χ1) is 14.7. The van der Waals surface area contributed by atoms with Crippen molar-refractivity contribution in [2.75, 3.05) is 36.8 Å². The quantitative estimate of drug-likeness (QED) is 0.416. The second-order valence-corrected chi connectivity index (χ2v) is 9.00. The predicted molar refractivity (Wildman–Crippen MR) is 120 cm³/mol. The number of rotatable bonds is 7. The van der Waals surface area contributed by atoms with Gasteiger partial charge in [0.1, 0.15) is 5.82 Å². The Balaban J connectivity index is 1.25. The number of thiazole rings is 1. The van der Waals surface area contributed by atoms with Crippen molar-refractivity contribution in [1.82, 2.24) is 14.9 Å². The van der Waals surface area contributed by atoms with Crippen LogP contribution in [0.5, 0.6) is 0 Å². The lowest BCUT2D eigenvalue weighted by molar-refractivity contribution is -0.130. The Labute approximate surface area is 184 Å². The molecule has 0 atom stereocenters. The standard InChI is InChI=1S/C22H22N4O2S2/c27-19(17-6-2-1-3-7-17)16-30-22-24-18(15-29-22)14-21(28)26-12-10-25(11-13-26)20-8-4-5-9-23-20/h1-9,15H,10-14,16H2. The van der Waals surface area contributed by atoms with Crippen LogP contribution in [0.3, 0.4) is 0 Å². The van der Waals surface area contributed by atoms with Gasteiger partial charge in [-0.05, 0) is 12.1 Å². The largest absolute Gasteiger partial charge is 0.353 e. The fraction of sp³-hybridized carbons (Fsp3) is 0.273. The lowest BCUT2D eigenvalue weighted by Gasteiger charge is -2.35. The molecule has 8 heteroatoms. The topological polar surface area (TPSA) is 66.4 Å². The summed E-state index contributed by atoms with van der Waals surface area (Å²) in [5.74, 6) is 1.48. The first-order valence-corrected chi connectivity index (χ1v) is 11.6. The Kier molecular flexibility index (Phi) is 6.76. The Morgan fingerprint density at radius 3 is 2.50 bits per heavy atom. The molecule has 1 amide bonds. The molecule has 0 aliphatic carbocycles. The zero-order valence-corrected chi connectivity index (χ0v) is 18.1. The van der Waals surface area contributed by atoms with Crippen LogP contribution in [-0.2, 0) is 11.2 Å². The Morgan fingerprint density at radius 1 is 1.00 bits per heavy atom. The number of carbonyl (C=O) groups excluding carboxylic acids is 2. The van der Waals surface area contributed by atoms with E-state index < -0.39 is 0 Å². The number of amides is 1. The van der Waals surface area contributed by atoms with Gasteiger partial charge in [0.05, 0.1) is 17.9 Å². The molecule has 3 heterocycles. The molecule has 30 heavy (non-hydrogen) atoms. The molecular formula is C22H22N4O2S2. The van der Waals surface area contributed by atoms with Gasteiger partial charge in [-0.2, -0.15) is 0 Å². The molecule has 6 nitrogen and oxygen atoms in total. The maximum Gasteiger partial charge on any atom is 0.228 e. The maximum absolute atomic E-state index is 12.7. The molecular weight excluding hydrogens is 416 g/mol. The summed E-state index contributed by atoms with van der Waals surface area (Å²) >= 11 is 2.91. The molecule has 0 unspecified atom stereocenters. The van der Waals surface area contributed by atoms with Crippen LogP contribution in [0.1, 0.15) is 16.1 Å². The third kappa shape index (κ3) is 5.25. The van der Waals surface area contributed by atoms with E-state index in [0.29, 0.717) is 30.8 Å². The lowest BCUT2D eigenvalue weighted by atomic mass is 10.2. The molecule has 0 radical (unpaired) electrons. The summed E-state index contributed by atoms with van der Waals surface area (Å²) in [4.78, 5) is 37.9. The number of hydrogen-bond donors (Lipinski definition) is 0. The Morgan fingerprint density at radius 2 is 1.77 bits per heavy atom. The van der Waals surface area contributed by atoms with E-state index in [1.165, 1.54) is 23.1 Å². The maximum atomic E-state index is 12.7. The number of ketones is 1. The molecule has 1 aliphatic heterocycles. The van der Waals surface area contributed by atoms with Crippen molar-refractivity contribution in [1.29, 1.82) is 0 Å². The molecule has 0 spiro atoms. The van der Waals surface area contributed by atoms with E-state index in [1.807, 2.05) is 58.8 Å². The van der Waals surface area contributed by atoms with Gasteiger partial charge < -0.3 is 9.80 Å². The van der Waals surface area contributed by atoms with E-state index in [9.17, 15) is 9.59 Å². The van der Waals surface area contributed by atoms with Crippen molar-refractivity contribution in [2.45, 2.75) is 10.8 Å². The van der Waals surface area contributed by atoms with E-state index in [0.717, 1.165) is 28.9 Å². The van der Waals surface area contributed by atoms with Gasteiger partial charge in [-0.15, -0.1) is 11.3 Å². The van der Waals surface area contributed by atoms with Crippen molar-refractivity contribution in [3.8, 4) is 0 Å². The highest BCUT2D eigenvalue weighted by molar-refractivity contribution is 8.01. The lowest BCUT2D eigenvalue weighted by Crippen LogP contribution is -2.49. The minimum absolute atomic E-state index is 0.0826. The highest BCUT2D eigenvalue weighted by atomic mass is 32.2. The minimum Gasteiger partial charge on any atom is -0.353 e. The van der Waals surface area contributed by atoms with Crippen LogP contribution in [0.25, 0.3) is 0 Å². The van der Waals surface area contributed by atoms with E-state index in [2.05, 4.69) is 14.9 Å². The second-order valence-electron chi connectivity index (χ2n) is 6.92. The van der Waals surface area contributed by atoms with Gasteiger partial charge in [-0.1, -0.05) is 48.2 Å². The molecule has 1 aromatic carbocycles. The van der Waals surface area contributed by atoms with Gasteiger partial charge in [0.15, 0.2) is 10.1 Å². The Bertz CT molecular complexity index is 987. The van der Waals surface area contributed by atoms with Crippen molar-refractivity contribution >= 4 is 40.6 Å². The van der Waals surface area contributed by atoms with Crippen LogP contribution in [0.4, 0.5) is 5.82 Å². The number of aromatic nitrogens is 2. The van der Waals surface area contributed by atoms with E-state index in [4.69, 9.17) is 0 Å². The van der Waals surface area contributed by atoms with Gasteiger partial charge >= 0.3 is 0 Å². The fourth-order valence-corrected chi connectivity index (χ4v) is 5.00. The molecule has 1 fully saturated rings. The summed E-state index contributed by atoms with van der Waals surface area (Å²) in [5.41, 5.74) is 1.48. The molecule has 0 bridgehead atoms. The average Bonchev–Trinajstić information content (AvgIpc) is 3.26. The first-order valence-electron chi connectivity index (χ1n) is 9.78. The summed E-state index contributed by atoms with van der Waals surface area (Å²) in [6, 6.07) is 15.1. The third-order valence-corrected chi connectivity index (χ3v) is 6.96. The average molecular weight is 439 g/mol. The number of anilines is 1. The summed E-state index contributed by atoms with van der Waals surface area (Å²) in [6.45, 7) is 2.94. The van der Waals surface area contributed by atoms with Gasteiger partial charge in [0.25, 0.3) is 0 Å². The number of benzene rings is 1. The first kappa shape index (κ1) is 20.6. The molecule has 1 aliphatic rings. The van der Waals surface area contributed by atoms with E-state index in [1.54, 1.807) is 6.20 Å². The predicted octanol–water partition coefficient (Wildman–Crippen LogP) is 3.40. The highest BCUT2D eigenvalue weighted by Crippen LogP contribution is 2.24. The minimum atomic E-state index is 0.0826. The summed E-state index contributed by atoms with van der Waals surface area (Å²) in [5, 5.41) is 1.91. The smallest absolute Gasteiger partial charge is 0.228 e. The number of piperazine rings is 1. The molecule has 4 rings (SSSR count). The summed E-state index contributed by atoms with van der Waals surface area (Å²) in [7, 11) is 0. The van der Waals surface area contributed by atoms with E-state index >= 15 is 0 Å². The monoisotopic (exact) mass is 438 g/mol. The zero-order valence-electron chi connectivity index (χ0n) is 16.4. The number of thioether (sulfide) groups is 1. The number of nitrogens with zero attached hydrogens (tertiary/aromatic N) is 4. The molecule has 0 saturated carbocycles. The molecule has 1 saturated heterocycles. The van der Waals surface area contributed by atoms with Crippen molar-refractivity contribution in [2.24, 2.45) is 0 Å². The molecule has 154 valence electrons. The number of Topliss-reactive ketones (excluding diaryl/α,β-unsaturated/α-hetero) is 1. The number of pyridine rings is 1. The second kappa shape index (κ2) is 9.86. The fourth-order valence-electron chi connectivity index (χ4n) is 3.26. The highest BCUT2D eigenvalue weighted by Gasteiger charge is 2.22. The van der Waals surface area contributed by atoms with Crippen LogP contribution in [-0.4, -0.2) is 58.5 Å². The van der Waals surface area contributed by atoms with Crippen LogP contribution in [0.15, 0.2) is 64.4 Å². The van der Waals surface area contributed by atoms with Crippen LogP contribution in [0.2, 0.25) is 0 Å². The van der Waals surface area contributed by atoms with Crippen molar-refractivity contribution in [3.05, 3.63) is 71.4 Å². The van der Waals surface area contributed by atoms with Gasteiger partial charge in [0.2, 0.25) is 5.91 Å². The van der Waals surface area contributed by atoms with Crippen LogP contribution in [0, 0.1) is 0 Å². The Hall–Kier alpha value is -2.71. The zero-order chi connectivity index (χ0) is 20.8. The SMILES string of the molecule is O=C(CSc1nc(CC(=O)N2CCN(c3ccccn3)CC2)cs1)c1ccccc1.